The summed E-state index contributed by atoms with van der Waals surface area (Å²) >= 11 is 0. The van der Waals surface area contributed by atoms with Crippen molar-refractivity contribution in [2.45, 2.75) is 86.0 Å². The molecule has 32 heavy (non-hydrogen) atoms. The number of hydrogen-bond donors (Lipinski definition) is 0. The summed E-state index contributed by atoms with van der Waals surface area (Å²) in [5.74, 6) is -2.32. The fourth-order valence-electron chi connectivity index (χ4n) is 4.91. The molecule has 0 bridgehead atoms. The van der Waals surface area contributed by atoms with Crippen LogP contribution in [0.5, 0.6) is 0 Å². The predicted molar refractivity (Wildman–Crippen MR) is 120 cm³/mol. The lowest BCUT2D eigenvalue weighted by Gasteiger charge is -2.35. The van der Waals surface area contributed by atoms with Crippen molar-refractivity contribution in [3.8, 4) is 0 Å². The van der Waals surface area contributed by atoms with E-state index in [1.165, 1.54) is 5.57 Å². The number of allylic oxidation sites excluding steroid dienone is 3. The Labute approximate surface area is 190 Å². The van der Waals surface area contributed by atoms with Gasteiger partial charge in [-0.25, -0.2) is 14.4 Å². The summed E-state index contributed by atoms with van der Waals surface area (Å²) in [6, 6.07) is 0. The van der Waals surface area contributed by atoms with Crippen LogP contribution in [0, 0.1) is 11.8 Å². The second-order valence-corrected chi connectivity index (χ2v) is 9.57. The number of hydrogen-bond acceptors (Lipinski definition) is 6. The van der Waals surface area contributed by atoms with Crippen LogP contribution >= 0.6 is 0 Å². The molecule has 6 heteroatoms. The third-order valence-electron chi connectivity index (χ3n) is 7.31. The molecule has 1 saturated heterocycles. The molecule has 0 spiro atoms. The molecule has 0 aromatic rings. The Hall–Kier alpha value is -2.63. The van der Waals surface area contributed by atoms with E-state index in [0.717, 1.165) is 23.1 Å². The van der Waals surface area contributed by atoms with E-state index in [4.69, 9.17) is 14.2 Å². The summed E-state index contributed by atoms with van der Waals surface area (Å²) < 4.78 is 17.7. The van der Waals surface area contributed by atoms with Crippen LogP contribution < -0.4 is 0 Å². The second-order valence-electron chi connectivity index (χ2n) is 9.57. The minimum absolute atomic E-state index is 0.0967. The van der Waals surface area contributed by atoms with Gasteiger partial charge in [-0.05, 0) is 61.8 Å². The Morgan fingerprint density at radius 3 is 2.41 bits per heavy atom. The van der Waals surface area contributed by atoms with Crippen LogP contribution in [0.1, 0.15) is 68.2 Å². The van der Waals surface area contributed by atoms with E-state index in [0.29, 0.717) is 17.6 Å². The average Bonchev–Trinajstić information content (AvgIpc) is 3.19. The highest BCUT2D eigenvalue weighted by Gasteiger charge is 2.64. The number of ether oxygens (including phenoxy) is 3. The molecule has 0 unspecified atom stereocenters. The van der Waals surface area contributed by atoms with Gasteiger partial charge in [-0.15, -0.1) is 0 Å². The molecule has 1 aliphatic heterocycles. The standard InChI is InChI=1S/C26H34O6/c1-9-14(4)23(27)32-26(8)21-19(30-24(28)17(7)13(2)3)12-16(6)18-11-10-15(5)20(18)22(21)31-25(26)29/h9-10,19-22H,11-12H2,1-8H3/b14-9+/t19-,20+,21-,22+,26-/m0/s1. The third-order valence-corrected chi connectivity index (χ3v) is 7.31. The number of esters is 3. The van der Waals surface area contributed by atoms with Gasteiger partial charge in [-0.2, -0.15) is 0 Å². The quantitative estimate of drug-likeness (QED) is 0.271. The Bertz CT molecular complexity index is 974. The van der Waals surface area contributed by atoms with Gasteiger partial charge in [0.15, 0.2) is 0 Å². The summed E-state index contributed by atoms with van der Waals surface area (Å²) in [5.41, 5.74) is 3.67. The highest BCUT2D eigenvalue weighted by molar-refractivity contribution is 5.92. The molecule has 0 N–H and O–H groups in total. The van der Waals surface area contributed by atoms with Crippen molar-refractivity contribution < 1.29 is 28.6 Å². The Balaban J connectivity index is 2.09. The Morgan fingerprint density at radius 2 is 1.81 bits per heavy atom. The van der Waals surface area contributed by atoms with Gasteiger partial charge in [-0.3, -0.25) is 0 Å². The van der Waals surface area contributed by atoms with E-state index in [9.17, 15) is 14.4 Å². The zero-order chi connectivity index (χ0) is 24.0. The van der Waals surface area contributed by atoms with Crippen LogP contribution in [-0.4, -0.2) is 35.7 Å². The number of carbonyl (C=O) groups is 3. The zero-order valence-corrected chi connectivity index (χ0v) is 20.3. The maximum atomic E-state index is 13.2. The molecule has 174 valence electrons. The third kappa shape index (κ3) is 3.96. The molecule has 0 aromatic carbocycles. The van der Waals surface area contributed by atoms with Crippen LogP contribution in [0.25, 0.3) is 0 Å². The van der Waals surface area contributed by atoms with Crippen molar-refractivity contribution in [3.05, 3.63) is 45.6 Å². The summed E-state index contributed by atoms with van der Waals surface area (Å²) in [5, 5.41) is 0. The van der Waals surface area contributed by atoms with Gasteiger partial charge in [-0.1, -0.05) is 34.4 Å². The molecule has 3 rings (SSSR count). The van der Waals surface area contributed by atoms with Crippen molar-refractivity contribution in [2.75, 3.05) is 0 Å². The summed E-state index contributed by atoms with van der Waals surface area (Å²) in [6.07, 6.45) is 3.80. The van der Waals surface area contributed by atoms with Crippen LogP contribution in [-0.2, 0) is 28.6 Å². The van der Waals surface area contributed by atoms with Crippen molar-refractivity contribution in [2.24, 2.45) is 11.8 Å². The van der Waals surface area contributed by atoms with Crippen LogP contribution in [0.2, 0.25) is 0 Å². The lowest BCUT2D eigenvalue weighted by molar-refractivity contribution is -0.175. The van der Waals surface area contributed by atoms with Gasteiger partial charge in [0.2, 0.25) is 5.60 Å². The zero-order valence-electron chi connectivity index (χ0n) is 20.3. The van der Waals surface area contributed by atoms with Crippen molar-refractivity contribution in [1.29, 1.82) is 0 Å². The molecule has 0 radical (unpaired) electrons. The highest BCUT2D eigenvalue weighted by Crippen LogP contribution is 2.52. The highest BCUT2D eigenvalue weighted by atomic mass is 16.6. The molecule has 6 nitrogen and oxygen atoms in total. The van der Waals surface area contributed by atoms with E-state index in [1.807, 2.05) is 27.7 Å². The van der Waals surface area contributed by atoms with Gasteiger partial charge in [0.25, 0.3) is 0 Å². The predicted octanol–water partition coefficient (Wildman–Crippen LogP) is 4.75. The lowest BCUT2D eigenvalue weighted by atomic mass is 9.77. The molecule has 2 aliphatic carbocycles. The lowest BCUT2D eigenvalue weighted by Crippen LogP contribution is -2.50. The smallest absolute Gasteiger partial charge is 0.351 e. The molecular formula is C26H34O6. The fourth-order valence-corrected chi connectivity index (χ4v) is 4.91. The van der Waals surface area contributed by atoms with Gasteiger partial charge in [0.1, 0.15) is 12.2 Å². The SMILES string of the molecule is C/C=C(\C)C(=O)O[C@]1(C)C(=O)O[C@@H]2[C@@H]3C(C)=CCC3=C(C)C[C@H](OC(=O)C(C)=C(C)C)[C@@H]21. The fraction of sp³-hybridized carbons (Fsp3) is 0.577. The monoisotopic (exact) mass is 442 g/mol. The average molecular weight is 443 g/mol. The topological polar surface area (TPSA) is 78.9 Å². The minimum atomic E-state index is -1.56. The molecule has 5 atom stereocenters. The van der Waals surface area contributed by atoms with Gasteiger partial charge < -0.3 is 14.2 Å². The first kappa shape index (κ1) is 24.0. The molecule has 0 aromatic heterocycles. The maximum Gasteiger partial charge on any atom is 0.351 e. The van der Waals surface area contributed by atoms with E-state index in [2.05, 4.69) is 6.08 Å². The molecular weight excluding hydrogens is 408 g/mol. The van der Waals surface area contributed by atoms with E-state index in [1.54, 1.807) is 33.8 Å². The summed E-state index contributed by atoms with van der Waals surface area (Å²) in [7, 11) is 0. The number of rotatable bonds is 4. The maximum absolute atomic E-state index is 13.2. The second kappa shape index (κ2) is 8.72. The first-order chi connectivity index (χ1) is 14.9. The van der Waals surface area contributed by atoms with Crippen molar-refractivity contribution in [3.63, 3.8) is 0 Å². The van der Waals surface area contributed by atoms with Crippen molar-refractivity contribution >= 4 is 17.9 Å². The van der Waals surface area contributed by atoms with Crippen molar-refractivity contribution in [1.82, 2.24) is 0 Å². The largest absolute Gasteiger partial charge is 0.458 e. The van der Waals surface area contributed by atoms with E-state index >= 15 is 0 Å². The molecule has 3 aliphatic rings. The Morgan fingerprint density at radius 1 is 1.16 bits per heavy atom. The minimum Gasteiger partial charge on any atom is -0.458 e. The first-order valence-electron chi connectivity index (χ1n) is 11.2. The Kier molecular flexibility index (Phi) is 6.55. The van der Waals surface area contributed by atoms with Gasteiger partial charge in [0.05, 0.1) is 5.92 Å². The van der Waals surface area contributed by atoms with Crippen LogP contribution in [0.15, 0.2) is 45.6 Å². The van der Waals surface area contributed by atoms with Crippen LogP contribution in [0.4, 0.5) is 0 Å². The summed E-state index contributed by atoms with van der Waals surface area (Å²) in [4.78, 5) is 38.7. The van der Waals surface area contributed by atoms with E-state index < -0.39 is 41.6 Å². The van der Waals surface area contributed by atoms with Gasteiger partial charge in [0, 0.05) is 23.5 Å². The number of carbonyl (C=O) groups excluding carboxylic acids is 3. The van der Waals surface area contributed by atoms with Crippen LogP contribution in [0.3, 0.4) is 0 Å². The number of fused-ring (bicyclic) bond motifs is 3. The molecule has 1 fully saturated rings. The molecule has 1 heterocycles. The normalized spacial score (nSPS) is 31.8. The molecule has 0 amide bonds. The first-order valence-corrected chi connectivity index (χ1v) is 11.2. The molecule has 0 saturated carbocycles. The van der Waals surface area contributed by atoms with Gasteiger partial charge >= 0.3 is 17.9 Å². The van der Waals surface area contributed by atoms with E-state index in [-0.39, 0.29) is 5.92 Å². The summed E-state index contributed by atoms with van der Waals surface area (Å²) in [6.45, 7) is 14.5.